The van der Waals surface area contributed by atoms with E-state index in [4.69, 9.17) is 16.1 Å². The molecule has 0 saturated heterocycles. The highest BCUT2D eigenvalue weighted by molar-refractivity contribution is 6.30. The van der Waals surface area contributed by atoms with Gasteiger partial charge in [-0.1, -0.05) is 35.8 Å². The second-order valence-corrected chi connectivity index (χ2v) is 6.51. The summed E-state index contributed by atoms with van der Waals surface area (Å²) in [4.78, 5) is 28.2. The van der Waals surface area contributed by atoms with Crippen molar-refractivity contribution in [3.63, 3.8) is 0 Å². The van der Waals surface area contributed by atoms with Gasteiger partial charge >= 0.3 is 0 Å². The Balaban J connectivity index is 1.46. The van der Waals surface area contributed by atoms with Gasteiger partial charge in [0, 0.05) is 29.0 Å². The van der Waals surface area contributed by atoms with E-state index in [0.29, 0.717) is 22.3 Å². The third-order valence-corrected chi connectivity index (χ3v) is 4.33. The fourth-order valence-corrected chi connectivity index (χ4v) is 2.57. The van der Waals surface area contributed by atoms with Crippen LogP contribution in [0.2, 0.25) is 5.02 Å². The van der Waals surface area contributed by atoms with E-state index >= 15 is 0 Å². The van der Waals surface area contributed by atoms with Crippen molar-refractivity contribution in [2.24, 2.45) is 0 Å². The largest absolute Gasteiger partial charge is 0.339 e. The summed E-state index contributed by atoms with van der Waals surface area (Å²) < 4.78 is 5.15. The summed E-state index contributed by atoms with van der Waals surface area (Å²) in [6, 6.07) is 14.2. The summed E-state index contributed by atoms with van der Waals surface area (Å²) in [5, 5.41) is 4.51. The molecule has 7 nitrogen and oxygen atoms in total. The van der Waals surface area contributed by atoms with Crippen LogP contribution in [0.25, 0.3) is 11.4 Å². The Morgan fingerprint density at radius 3 is 2.43 bits per heavy atom. The van der Waals surface area contributed by atoms with Crippen molar-refractivity contribution in [3.8, 4) is 11.4 Å². The number of hydrazine groups is 1. The summed E-state index contributed by atoms with van der Waals surface area (Å²) in [5.74, 6) is 0.0288. The van der Waals surface area contributed by atoms with Crippen LogP contribution in [0.4, 0.5) is 0 Å². The molecule has 2 amide bonds. The highest BCUT2D eigenvalue weighted by Gasteiger charge is 2.12. The Bertz CT molecular complexity index is 952. The molecule has 3 aromatic rings. The number of halogens is 1. The molecule has 28 heavy (non-hydrogen) atoms. The van der Waals surface area contributed by atoms with Crippen LogP contribution >= 0.6 is 11.6 Å². The number of hydrogen-bond donors (Lipinski definition) is 2. The molecular weight excluding hydrogens is 380 g/mol. The average molecular weight is 399 g/mol. The molecule has 2 aromatic carbocycles. The summed E-state index contributed by atoms with van der Waals surface area (Å²) >= 11 is 5.85. The quantitative estimate of drug-likeness (QED) is 0.620. The van der Waals surface area contributed by atoms with Gasteiger partial charge in [-0.15, -0.1) is 0 Å². The zero-order valence-electron chi connectivity index (χ0n) is 15.2. The molecule has 0 fully saturated rings. The van der Waals surface area contributed by atoms with Gasteiger partial charge in [0.15, 0.2) is 0 Å². The number of aromatic nitrogens is 2. The molecular formula is C20H19ClN4O3. The lowest BCUT2D eigenvalue weighted by Crippen LogP contribution is -2.41. The van der Waals surface area contributed by atoms with Gasteiger partial charge in [-0.2, -0.15) is 4.98 Å². The van der Waals surface area contributed by atoms with Crippen LogP contribution in [-0.2, 0) is 17.6 Å². The number of carbonyl (C=O) groups is 2. The zero-order chi connectivity index (χ0) is 19.9. The third kappa shape index (κ3) is 5.17. The smallest absolute Gasteiger partial charge is 0.269 e. The molecule has 0 saturated carbocycles. The molecule has 8 heteroatoms. The second-order valence-electron chi connectivity index (χ2n) is 6.07. The van der Waals surface area contributed by atoms with Crippen LogP contribution in [0, 0.1) is 0 Å². The van der Waals surface area contributed by atoms with Gasteiger partial charge in [-0.05, 0) is 48.4 Å². The van der Waals surface area contributed by atoms with Crippen molar-refractivity contribution < 1.29 is 14.1 Å². The van der Waals surface area contributed by atoms with Crippen LogP contribution in [-0.4, -0.2) is 22.0 Å². The molecule has 2 N–H and O–H groups in total. The van der Waals surface area contributed by atoms with E-state index in [9.17, 15) is 9.59 Å². The Morgan fingerprint density at radius 1 is 1.04 bits per heavy atom. The number of nitrogens with one attached hydrogen (secondary N) is 2. The molecule has 0 aliphatic rings. The number of aryl methyl sites for hydroxylation is 2. The van der Waals surface area contributed by atoms with Gasteiger partial charge in [0.1, 0.15) is 0 Å². The summed E-state index contributed by atoms with van der Waals surface area (Å²) in [6.45, 7) is 2.04. The van der Waals surface area contributed by atoms with Crippen LogP contribution in [0.1, 0.15) is 35.2 Å². The lowest BCUT2D eigenvalue weighted by molar-refractivity contribution is -0.121. The number of amides is 2. The van der Waals surface area contributed by atoms with Gasteiger partial charge in [-0.25, -0.2) is 0 Å². The fourth-order valence-electron chi connectivity index (χ4n) is 2.45. The topological polar surface area (TPSA) is 97.1 Å². The standard InChI is InChI=1S/C20H19ClN4O3/c1-2-13-3-5-15(6-4-13)20(27)24-23-17(26)11-12-18-22-19(25-28-18)14-7-9-16(21)10-8-14/h3-10H,2,11-12H2,1H3,(H,23,26)(H,24,27). The molecule has 0 aliphatic heterocycles. The molecule has 0 radical (unpaired) electrons. The van der Waals surface area contributed by atoms with E-state index in [1.54, 1.807) is 36.4 Å². The van der Waals surface area contributed by atoms with Crippen LogP contribution in [0.3, 0.4) is 0 Å². The van der Waals surface area contributed by atoms with Crippen molar-refractivity contribution in [1.82, 2.24) is 21.0 Å². The molecule has 0 aliphatic carbocycles. The molecule has 144 valence electrons. The lowest BCUT2D eigenvalue weighted by Gasteiger charge is -2.07. The minimum Gasteiger partial charge on any atom is -0.339 e. The first-order chi connectivity index (χ1) is 13.5. The van der Waals surface area contributed by atoms with Gasteiger partial charge in [0.05, 0.1) is 0 Å². The van der Waals surface area contributed by atoms with E-state index in [1.165, 1.54) is 0 Å². The third-order valence-electron chi connectivity index (χ3n) is 4.08. The Labute approximate surface area is 167 Å². The molecule has 3 rings (SSSR count). The number of rotatable bonds is 6. The predicted octanol–water partition coefficient (Wildman–Crippen LogP) is 3.35. The maximum Gasteiger partial charge on any atom is 0.269 e. The van der Waals surface area contributed by atoms with Gasteiger partial charge in [0.2, 0.25) is 17.6 Å². The maximum atomic E-state index is 12.0. The summed E-state index contributed by atoms with van der Waals surface area (Å²) in [5.41, 5.74) is 7.15. The molecule has 1 heterocycles. The normalized spacial score (nSPS) is 10.5. The van der Waals surface area contributed by atoms with E-state index in [2.05, 4.69) is 21.0 Å². The molecule has 0 spiro atoms. The highest BCUT2D eigenvalue weighted by atomic mass is 35.5. The number of carbonyl (C=O) groups excluding carboxylic acids is 2. The molecule has 1 aromatic heterocycles. The van der Waals surface area contributed by atoms with Crippen molar-refractivity contribution in [2.75, 3.05) is 0 Å². The fraction of sp³-hybridized carbons (Fsp3) is 0.200. The lowest BCUT2D eigenvalue weighted by atomic mass is 10.1. The van der Waals surface area contributed by atoms with E-state index in [1.807, 2.05) is 19.1 Å². The molecule has 0 unspecified atom stereocenters. The minimum absolute atomic E-state index is 0.0945. The molecule has 0 bridgehead atoms. The maximum absolute atomic E-state index is 12.0. The molecule has 0 atom stereocenters. The minimum atomic E-state index is -0.376. The van der Waals surface area contributed by atoms with E-state index in [0.717, 1.165) is 17.5 Å². The number of benzene rings is 2. The van der Waals surface area contributed by atoms with Crippen LogP contribution < -0.4 is 10.9 Å². The Morgan fingerprint density at radius 2 is 1.75 bits per heavy atom. The van der Waals surface area contributed by atoms with Crippen molar-refractivity contribution >= 4 is 23.4 Å². The SMILES string of the molecule is CCc1ccc(C(=O)NNC(=O)CCc2nc(-c3ccc(Cl)cc3)no2)cc1. The second kappa shape index (κ2) is 9.14. The van der Waals surface area contributed by atoms with Crippen LogP contribution in [0.15, 0.2) is 53.1 Å². The first-order valence-electron chi connectivity index (χ1n) is 8.82. The highest BCUT2D eigenvalue weighted by Crippen LogP contribution is 2.18. The average Bonchev–Trinajstić information content (AvgIpc) is 3.20. The van der Waals surface area contributed by atoms with Crippen molar-refractivity contribution in [3.05, 3.63) is 70.6 Å². The Kier molecular flexibility index (Phi) is 6.39. The van der Waals surface area contributed by atoms with Gasteiger partial charge in [0.25, 0.3) is 5.91 Å². The monoisotopic (exact) mass is 398 g/mol. The van der Waals surface area contributed by atoms with Gasteiger partial charge in [-0.3, -0.25) is 20.4 Å². The first-order valence-corrected chi connectivity index (χ1v) is 9.19. The van der Waals surface area contributed by atoms with Crippen molar-refractivity contribution in [2.45, 2.75) is 26.2 Å². The summed E-state index contributed by atoms with van der Waals surface area (Å²) in [7, 11) is 0. The van der Waals surface area contributed by atoms with Gasteiger partial charge < -0.3 is 4.52 Å². The first kappa shape index (κ1) is 19.6. The predicted molar refractivity (Wildman–Crippen MR) is 104 cm³/mol. The number of hydrogen-bond acceptors (Lipinski definition) is 5. The van der Waals surface area contributed by atoms with Crippen LogP contribution in [0.5, 0.6) is 0 Å². The van der Waals surface area contributed by atoms with E-state index < -0.39 is 0 Å². The van der Waals surface area contributed by atoms with Crippen molar-refractivity contribution in [1.29, 1.82) is 0 Å². The summed E-state index contributed by atoms with van der Waals surface area (Å²) in [6.07, 6.45) is 1.25. The van der Waals surface area contributed by atoms with E-state index in [-0.39, 0.29) is 24.7 Å². The number of nitrogens with zero attached hydrogens (tertiary/aromatic N) is 2. The zero-order valence-corrected chi connectivity index (χ0v) is 16.0. The Hall–Kier alpha value is -3.19.